The fourth-order valence-corrected chi connectivity index (χ4v) is 3.56. The van der Waals surface area contributed by atoms with Crippen LogP contribution in [-0.2, 0) is 6.54 Å². The van der Waals surface area contributed by atoms with Crippen LogP contribution < -0.4 is 5.56 Å². The molecule has 0 unspecified atom stereocenters. The van der Waals surface area contributed by atoms with Gasteiger partial charge in [0.15, 0.2) is 6.29 Å². The van der Waals surface area contributed by atoms with E-state index in [2.05, 4.69) is 9.97 Å². The second kappa shape index (κ2) is 6.83. The monoisotopic (exact) mass is 380 g/mol. The van der Waals surface area contributed by atoms with Crippen LogP contribution in [0.4, 0.5) is 0 Å². The van der Waals surface area contributed by atoms with Gasteiger partial charge < -0.3 is 8.97 Å². The highest BCUT2D eigenvalue weighted by atomic mass is 16.1. The molecule has 0 aliphatic heterocycles. The average molecular weight is 380 g/mol. The molecule has 140 valence electrons. The Balaban J connectivity index is 1.57. The summed E-state index contributed by atoms with van der Waals surface area (Å²) in [5, 5.41) is 1.44. The molecule has 6 nitrogen and oxygen atoms in total. The van der Waals surface area contributed by atoms with Crippen molar-refractivity contribution in [3.8, 4) is 11.1 Å². The van der Waals surface area contributed by atoms with Gasteiger partial charge in [0.25, 0.3) is 5.56 Å². The van der Waals surface area contributed by atoms with E-state index in [9.17, 15) is 9.59 Å². The van der Waals surface area contributed by atoms with Gasteiger partial charge in [-0.1, -0.05) is 30.3 Å². The normalized spacial score (nSPS) is 11.2. The van der Waals surface area contributed by atoms with Crippen LogP contribution in [0, 0.1) is 0 Å². The number of benzene rings is 1. The third kappa shape index (κ3) is 3.00. The van der Waals surface area contributed by atoms with Crippen LogP contribution in [0.25, 0.3) is 27.5 Å². The van der Waals surface area contributed by atoms with Crippen molar-refractivity contribution < 1.29 is 4.79 Å². The molecule has 29 heavy (non-hydrogen) atoms. The lowest BCUT2D eigenvalue weighted by Gasteiger charge is -2.09. The van der Waals surface area contributed by atoms with E-state index < -0.39 is 0 Å². The van der Waals surface area contributed by atoms with Gasteiger partial charge >= 0.3 is 0 Å². The standard InChI is InChI=1S/C23H16N4O2/c28-15-16-6-7-22-25-18(14-27(22)12-16)13-26-9-8-19-20(17-4-2-1-3-5-17)10-24-11-21(19)23(26)29/h1-12,14-15H,13H2. The number of carbonyl (C=O) groups excluding carboxylic acids is 1. The molecule has 4 aromatic heterocycles. The Morgan fingerprint density at radius 2 is 1.79 bits per heavy atom. The Morgan fingerprint density at radius 3 is 2.62 bits per heavy atom. The third-order valence-electron chi connectivity index (χ3n) is 4.98. The maximum Gasteiger partial charge on any atom is 0.260 e. The Hall–Kier alpha value is -4.06. The highest BCUT2D eigenvalue weighted by Gasteiger charge is 2.10. The molecular formula is C23H16N4O2. The zero-order valence-corrected chi connectivity index (χ0v) is 15.4. The van der Waals surface area contributed by atoms with Crippen molar-refractivity contribution in [3.63, 3.8) is 0 Å². The molecule has 0 bridgehead atoms. The van der Waals surface area contributed by atoms with Crippen LogP contribution >= 0.6 is 0 Å². The first kappa shape index (κ1) is 17.1. The van der Waals surface area contributed by atoms with Gasteiger partial charge in [0.2, 0.25) is 0 Å². The minimum Gasteiger partial charge on any atom is -0.309 e. The van der Waals surface area contributed by atoms with E-state index in [0.29, 0.717) is 17.5 Å². The smallest absolute Gasteiger partial charge is 0.260 e. The Labute approximate surface area is 165 Å². The zero-order chi connectivity index (χ0) is 19.8. The fraction of sp³-hybridized carbons (Fsp3) is 0.0435. The van der Waals surface area contributed by atoms with Crippen LogP contribution in [-0.4, -0.2) is 25.2 Å². The first-order valence-electron chi connectivity index (χ1n) is 9.18. The summed E-state index contributed by atoms with van der Waals surface area (Å²) in [6, 6.07) is 15.4. The van der Waals surface area contributed by atoms with Crippen LogP contribution in [0.15, 0.2) is 84.3 Å². The van der Waals surface area contributed by atoms with E-state index in [1.165, 1.54) is 0 Å². The number of carbonyl (C=O) groups is 1. The largest absolute Gasteiger partial charge is 0.309 e. The molecule has 0 atom stereocenters. The maximum absolute atomic E-state index is 13.1. The molecule has 0 aliphatic rings. The first-order valence-corrected chi connectivity index (χ1v) is 9.18. The number of fused-ring (bicyclic) bond motifs is 2. The molecule has 0 saturated carbocycles. The summed E-state index contributed by atoms with van der Waals surface area (Å²) in [5.41, 5.74) is 3.88. The Bertz CT molecular complexity index is 1420. The van der Waals surface area contributed by atoms with Crippen molar-refractivity contribution in [2.45, 2.75) is 6.54 Å². The minimum atomic E-state index is -0.113. The number of rotatable bonds is 4. The Morgan fingerprint density at radius 1 is 0.931 bits per heavy atom. The van der Waals surface area contributed by atoms with Crippen LogP contribution in [0.3, 0.4) is 0 Å². The van der Waals surface area contributed by atoms with Gasteiger partial charge in [-0.3, -0.25) is 14.6 Å². The van der Waals surface area contributed by atoms with E-state index in [1.807, 2.05) is 42.6 Å². The molecule has 0 saturated heterocycles. The number of aldehydes is 1. The Kier molecular flexibility index (Phi) is 4.02. The van der Waals surface area contributed by atoms with Gasteiger partial charge in [-0.05, 0) is 29.1 Å². The van der Waals surface area contributed by atoms with E-state index in [1.54, 1.807) is 45.9 Å². The predicted octanol–water partition coefficient (Wildman–Crippen LogP) is 3.57. The summed E-state index contributed by atoms with van der Waals surface area (Å²) in [6.45, 7) is 0.336. The average Bonchev–Trinajstić information content (AvgIpc) is 3.17. The molecule has 6 heteroatoms. The SMILES string of the molecule is O=Cc1ccc2nc(Cn3ccc4c(-c5ccccc5)cncc4c3=O)cn2c1. The third-order valence-corrected chi connectivity index (χ3v) is 4.98. The van der Waals surface area contributed by atoms with E-state index in [4.69, 9.17) is 0 Å². The van der Waals surface area contributed by atoms with Crippen molar-refractivity contribution >= 4 is 22.7 Å². The number of hydrogen-bond donors (Lipinski definition) is 0. The van der Waals surface area contributed by atoms with Crippen molar-refractivity contribution in [3.05, 3.63) is 101 Å². The molecule has 0 radical (unpaired) electrons. The summed E-state index contributed by atoms with van der Waals surface area (Å²) in [5.74, 6) is 0. The quantitative estimate of drug-likeness (QED) is 0.447. The lowest BCUT2D eigenvalue weighted by Crippen LogP contribution is -2.20. The molecule has 0 N–H and O–H groups in total. The van der Waals surface area contributed by atoms with Crippen LogP contribution in [0.1, 0.15) is 16.1 Å². The first-order chi connectivity index (χ1) is 14.2. The van der Waals surface area contributed by atoms with Gasteiger partial charge in [-0.2, -0.15) is 0 Å². The lowest BCUT2D eigenvalue weighted by molar-refractivity contribution is 0.112. The van der Waals surface area contributed by atoms with Crippen molar-refractivity contribution in [1.82, 2.24) is 18.9 Å². The number of aromatic nitrogens is 4. The molecule has 0 aliphatic carbocycles. The van der Waals surface area contributed by atoms with E-state index >= 15 is 0 Å². The maximum atomic E-state index is 13.1. The van der Waals surface area contributed by atoms with Gasteiger partial charge in [-0.15, -0.1) is 0 Å². The number of nitrogens with zero attached hydrogens (tertiary/aromatic N) is 4. The molecule has 5 aromatic rings. The van der Waals surface area contributed by atoms with Crippen molar-refractivity contribution in [2.24, 2.45) is 0 Å². The molecular weight excluding hydrogens is 364 g/mol. The van der Waals surface area contributed by atoms with Gasteiger partial charge in [-0.25, -0.2) is 4.98 Å². The molecule has 1 aromatic carbocycles. The van der Waals surface area contributed by atoms with Gasteiger partial charge in [0, 0.05) is 42.1 Å². The number of hydrogen-bond acceptors (Lipinski definition) is 4. The molecule has 0 amide bonds. The second-order valence-electron chi connectivity index (χ2n) is 6.84. The lowest BCUT2D eigenvalue weighted by atomic mass is 10.0. The second-order valence-corrected chi connectivity index (χ2v) is 6.84. The van der Waals surface area contributed by atoms with E-state index in [0.717, 1.165) is 34.1 Å². The molecule has 5 rings (SSSR count). The summed E-state index contributed by atoms with van der Waals surface area (Å²) < 4.78 is 3.42. The van der Waals surface area contributed by atoms with Crippen molar-refractivity contribution in [1.29, 1.82) is 0 Å². The fourth-order valence-electron chi connectivity index (χ4n) is 3.56. The van der Waals surface area contributed by atoms with Gasteiger partial charge in [0.05, 0.1) is 17.6 Å². The van der Waals surface area contributed by atoms with E-state index in [-0.39, 0.29) is 5.56 Å². The topological polar surface area (TPSA) is 69.3 Å². The highest BCUT2D eigenvalue weighted by molar-refractivity contribution is 5.95. The summed E-state index contributed by atoms with van der Waals surface area (Å²) in [7, 11) is 0. The van der Waals surface area contributed by atoms with Crippen molar-refractivity contribution in [2.75, 3.05) is 0 Å². The molecule has 0 fully saturated rings. The summed E-state index contributed by atoms with van der Waals surface area (Å²) >= 11 is 0. The van der Waals surface area contributed by atoms with Crippen LogP contribution in [0.5, 0.6) is 0 Å². The number of imidazole rings is 1. The minimum absolute atomic E-state index is 0.113. The molecule has 4 heterocycles. The molecule has 0 spiro atoms. The number of pyridine rings is 3. The van der Waals surface area contributed by atoms with Crippen LogP contribution in [0.2, 0.25) is 0 Å². The summed E-state index contributed by atoms with van der Waals surface area (Å²) in [6.07, 6.45) is 9.53. The van der Waals surface area contributed by atoms with Gasteiger partial charge in [0.1, 0.15) is 5.65 Å². The zero-order valence-electron chi connectivity index (χ0n) is 15.4. The highest BCUT2D eigenvalue weighted by Crippen LogP contribution is 2.25. The summed E-state index contributed by atoms with van der Waals surface area (Å²) in [4.78, 5) is 32.9. The predicted molar refractivity (Wildman–Crippen MR) is 111 cm³/mol.